The highest BCUT2D eigenvalue weighted by molar-refractivity contribution is 5.71. The van der Waals surface area contributed by atoms with Crippen LogP contribution in [0.25, 0.3) is 0 Å². The molecule has 0 bridgehead atoms. The average Bonchev–Trinajstić information content (AvgIpc) is 3.33. The van der Waals surface area contributed by atoms with Crippen LogP contribution >= 0.6 is 0 Å². The van der Waals surface area contributed by atoms with Gasteiger partial charge in [-0.05, 0) is 70.6 Å². The number of esters is 3. The first-order chi connectivity index (χ1) is 33.0. The summed E-state index contributed by atoms with van der Waals surface area (Å²) in [6.07, 6.45) is 70.5. The zero-order valence-corrected chi connectivity index (χ0v) is 44.2. The number of unbranched alkanes of at least 4 members (excludes halogenated alkanes) is 28. The SMILES string of the molecule is CC/C=C\C/C=C\C/C=C\C/C=C\C/C=C\C/C=C\CCCCCCC(=O)OCC(COC(=O)CCCCCCCCCC)OC(=O)CCCCCCCCCCCCCCCCCCCC. The second kappa shape index (κ2) is 55.4. The fourth-order valence-corrected chi connectivity index (χ4v) is 7.98. The van der Waals surface area contributed by atoms with Crippen LogP contribution in [-0.2, 0) is 28.6 Å². The highest BCUT2D eigenvalue weighted by Gasteiger charge is 2.19. The molecule has 0 aromatic carbocycles. The summed E-state index contributed by atoms with van der Waals surface area (Å²) < 4.78 is 16.8. The van der Waals surface area contributed by atoms with Crippen LogP contribution in [0.1, 0.15) is 278 Å². The van der Waals surface area contributed by atoms with Crippen molar-refractivity contribution in [3.63, 3.8) is 0 Å². The van der Waals surface area contributed by atoms with Gasteiger partial charge in [-0.15, -0.1) is 0 Å². The highest BCUT2D eigenvalue weighted by atomic mass is 16.6. The lowest BCUT2D eigenvalue weighted by atomic mass is 10.0. The molecule has 0 spiro atoms. The van der Waals surface area contributed by atoms with Crippen molar-refractivity contribution in [1.29, 1.82) is 0 Å². The predicted octanol–water partition coefficient (Wildman–Crippen LogP) is 19.0. The summed E-state index contributed by atoms with van der Waals surface area (Å²) in [5, 5.41) is 0. The predicted molar refractivity (Wildman–Crippen MR) is 288 cm³/mol. The molecule has 0 aliphatic carbocycles. The Labute approximate surface area is 414 Å². The molecule has 0 aromatic heterocycles. The summed E-state index contributed by atoms with van der Waals surface area (Å²) >= 11 is 0. The Morgan fingerprint density at radius 3 is 0.910 bits per heavy atom. The standard InChI is InChI=1S/C61H106O6/c1-4-7-10-13-16-19-21-23-25-27-29-30-31-32-33-35-36-38-40-42-45-48-51-54-60(63)66-57-58(56-65-59(62)53-50-47-44-18-15-12-9-6-3)67-61(64)55-52-49-46-43-41-39-37-34-28-26-24-22-20-17-14-11-8-5-2/h7,10,16,19,23,25,29-30,32-33,36,38,58H,4-6,8-9,11-15,17-18,20-22,24,26-28,31,34-35,37,39-57H2,1-3H3/b10-7-,19-16-,25-23-,30-29-,33-32-,38-36-. The molecule has 6 heteroatoms. The number of carbonyl (C=O) groups is 3. The van der Waals surface area contributed by atoms with E-state index in [9.17, 15) is 14.4 Å². The van der Waals surface area contributed by atoms with Crippen molar-refractivity contribution in [2.75, 3.05) is 13.2 Å². The average molecular weight is 936 g/mol. The monoisotopic (exact) mass is 935 g/mol. The van der Waals surface area contributed by atoms with Crippen molar-refractivity contribution in [3.05, 3.63) is 72.9 Å². The smallest absolute Gasteiger partial charge is 0.306 e. The van der Waals surface area contributed by atoms with Crippen LogP contribution < -0.4 is 0 Å². The van der Waals surface area contributed by atoms with E-state index in [4.69, 9.17) is 14.2 Å². The first kappa shape index (κ1) is 63.8. The van der Waals surface area contributed by atoms with Crippen molar-refractivity contribution in [3.8, 4) is 0 Å². The molecule has 0 fully saturated rings. The molecule has 0 aliphatic heterocycles. The summed E-state index contributed by atoms with van der Waals surface area (Å²) in [6, 6.07) is 0. The molecule has 0 saturated carbocycles. The Hall–Kier alpha value is -3.15. The summed E-state index contributed by atoms with van der Waals surface area (Å²) in [6.45, 7) is 6.50. The maximum absolute atomic E-state index is 12.8. The first-order valence-corrected chi connectivity index (χ1v) is 28.4. The van der Waals surface area contributed by atoms with Gasteiger partial charge < -0.3 is 14.2 Å². The number of ether oxygens (including phenoxy) is 3. The van der Waals surface area contributed by atoms with E-state index in [2.05, 4.69) is 93.7 Å². The third kappa shape index (κ3) is 53.7. The molecule has 0 rings (SSSR count). The van der Waals surface area contributed by atoms with Gasteiger partial charge in [0.15, 0.2) is 6.10 Å². The summed E-state index contributed by atoms with van der Waals surface area (Å²) in [5.41, 5.74) is 0. The van der Waals surface area contributed by atoms with E-state index in [1.54, 1.807) is 0 Å². The third-order valence-electron chi connectivity index (χ3n) is 12.2. The molecule has 0 heterocycles. The molecule has 1 unspecified atom stereocenters. The van der Waals surface area contributed by atoms with E-state index in [1.165, 1.54) is 128 Å². The molecule has 386 valence electrons. The summed E-state index contributed by atoms with van der Waals surface area (Å²) in [7, 11) is 0. The quantitative estimate of drug-likeness (QED) is 0.0262. The molecule has 1 atom stereocenters. The maximum Gasteiger partial charge on any atom is 0.306 e. The summed E-state index contributed by atoms with van der Waals surface area (Å²) in [5.74, 6) is -0.902. The van der Waals surface area contributed by atoms with Gasteiger partial charge in [0.05, 0.1) is 0 Å². The Balaban J connectivity index is 4.29. The first-order valence-electron chi connectivity index (χ1n) is 28.4. The molecule has 67 heavy (non-hydrogen) atoms. The van der Waals surface area contributed by atoms with Crippen LogP contribution in [-0.4, -0.2) is 37.2 Å². The lowest BCUT2D eigenvalue weighted by molar-refractivity contribution is -0.167. The molecule has 0 aromatic rings. The molecule has 0 amide bonds. The zero-order valence-electron chi connectivity index (χ0n) is 44.2. The van der Waals surface area contributed by atoms with Gasteiger partial charge in [0.2, 0.25) is 0 Å². The maximum atomic E-state index is 12.8. The third-order valence-corrected chi connectivity index (χ3v) is 12.2. The number of hydrogen-bond donors (Lipinski definition) is 0. The number of carbonyl (C=O) groups excluding carboxylic acids is 3. The second-order valence-corrected chi connectivity index (χ2v) is 18.8. The van der Waals surface area contributed by atoms with Gasteiger partial charge in [0.1, 0.15) is 13.2 Å². The van der Waals surface area contributed by atoms with Crippen molar-refractivity contribution in [2.24, 2.45) is 0 Å². The number of allylic oxidation sites excluding steroid dienone is 12. The van der Waals surface area contributed by atoms with Gasteiger partial charge in [-0.1, -0.05) is 261 Å². The Morgan fingerprint density at radius 1 is 0.313 bits per heavy atom. The van der Waals surface area contributed by atoms with E-state index in [0.717, 1.165) is 109 Å². The Morgan fingerprint density at radius 2 is 0.582 bits per heavy atom. The minimum absolute atomic E-state index is 0.0808. The fraction of sp³-hybridized carbons (Fsp3) is 0.754. The molecular formula is C61H106O6. The van der Waals surface area contributed by atoms with E-state index in [-0.39, 0.29) is 31.1 Å². The lowest BCUT2D eigenvalue weighted by Crippen LogP contribution is -2.30. The van der Waals surface area contributed by atoms with E-state index < -0.39 is 6.10 Å². The van der Waals surface area contributed by atoms with Gasteiger partial charge in [0, 0.05) is 19.3 Å². The molecule has 0 radical (unpaired) electrons. The van der Waals surface area contributed by atoms with Crippen LogP contribution in [0.4, 0.5) is 0 Å². The van der Waals surface area contributed by atoms with Crippen LogP contribution in [0.2, 0.25) is 0 Å². The van der Waals surface area contributed by atoms with Crippen molar-refractivity contribution < 1.29 is 28.6 Å². The van der Waals surface area contributed by atoms with Gasteiger partial charge in [-0.25, -0.2) is 0 Å². The minimum Gasteiger partial charge on any atom is -0.462 e. The van der Waals surface area contributed by atoms with Gasteiger partial charge in [0.25, 0.3) is 0 Å². The largest absolute Gasteiger partial charge is 0.462 e. The van der Waals surface area contributed by atoms with E-state index in [1.807, 2.05) is 0 Å². The van der Waals surface area contributed by atoms with Gasteiger partial charge in [-0.2, -0.15) is 0 Å². The van der Waals surface area contributed by atoms with Gasteiger partial charge >= 0.3 is 17.9 Å². The number of hydrogen-bond acceptors (Lipinski definition) is 6. The second-order valence-electron chi connectivity index (χ2n) is 18.8. The topological polar surface area (TPSA) is 78.9 Å². The molecular weight excluding hydrogens is 829 g/mol. The van der Waals surface area contributed by atoms with Crippen LogP contribution in [0.5, 0.6) is 0 Å². The molecule has 0 aliphatic rings. The lowest BCUT2D eigenvalue weighted by Gasteiger charge is -2.18. The minimum atomic E-state index is -0.782. The zero-order chi connectivity index (χ0) is 48.6. The summed E-state index contributed by atoms with van der Waals surface area (Å²) in [4.78, 5) is 38.0. The van der Waals surface area contributed by atoms with Crippen molar-refractivity contribution in [2.45, 2.75) is 284 Å². The molecule has 0 N–H and O–H groups in total. The van der Waals surface area contributed by atoms with Crippen LogP contribution in [0, 0.1) is 0 Å². The van der Waals surface area contributed by atoms with Gasteiger partial charge in [-0.3, -0.25) is 14.4 Å². The number of rotatable bonds is 51. The van der Waals surface area contributed by atoms with Crippen molar-refractivity contribution in [1.82, 2.24) is 0 Å². The van der Waals surface area contributed by atoms with E-state index in [0.29, 0.717) is 19.3 Å². The highest BCUT2D eigenvalue weighted by Crippen LogP contribution is 2.16. The van der Waals surface area contributed by atoms with E-state index >= 15 is 0 Å². The fourth-order valence-electron chi connectivity index (χ4n) is 7.98. The Kier molecular flexibility index (Phi) is 52.8. The van der Waals surface area contributed by atoms with Crippen LogP contribution in [0.3, 0.4) is 0 Å². The molecule has 6 nitrogen and oxygen atoms in total. The Bertz CT molecular complexity index is 1260. The van der Waals surface area contributed by atoms with Crippen LogP contribution in [0.15, 0.2) is 72.9 Å². The normalized spacial score (nSPS) is 12.6. The van der Waals surface area contributed by atoms with Crippen molar-refractivity contribution >= 4 is 17.9 Å². The molecule has 0 saturated heterocycles.